The van der Waals surface area contributed by atoms with Gasteiger partial charge in [0, 0.05) is 29.6 Å². The van der Waals surface area contributed by atoms with Crippen LogP contribution in [0, 0.1) is 6.92 Å². The lowest BCUT2D eigenvalue weighted by atomic mass is 9.77. The van der Waals surface area contributed by atoms with E-state index in [0.29, 0.717) is 11.8 Å². The van der Waals surface area contributed by atoms with Crippen molar-refractivity contribution in [3.05, 3.63) is 46.5 Å². The molecule has 2 atom stereocenters. The second kappa shape index (κ2) is 5.17. The van der Waals surface area contributed by atoms with Crippen LogP contribution in [0.2, 0.25) is 0 Å². The SMILES string of the molecule is CCCC1NCC2c3ccc(O)c(O)c3Oc3ccc(C)c1c32. The predicted molar refractivity (Wildman–Crippen MR) is 88.5 cm³/mol. The van der Waals surface area contributed by atoms with E-state index >= 15 is 0 Å². The third-order valence-electron chi connectivity index (χ3n) is 5.04. The lowest BCUT2D eigenvalue weighted by Gasteiger charge is -2.38. The zero-order valence-electron chi connectivity index (χ0n) is 13.4. The first-order valence-electron chi connectivity index (χ1n) is 8.21. The second-order valence-corrected chi connectivity index (χ2v) is 6.46. The molecule has 0 saturated carbocycles. The van der Waals surface area contributed by atoms with Crippen LogP contribution < -0.4 is 10.1 Å². The van der Waals surface area contributed by atoms with Crippen molar-refractivity contribution in [1.29, 1.82) is 0 Å². The Morgan fingerprint density at radius 2 is 2.00 bits per heavy atom. The Labute approximate surface area is 135 Å². The smallest absolute Gasteiger partial charge is 0.201 e. The molecule has 2 aliphatic rings. The molecule has 0 spiro atoms. The minimum atomic E-state index is -0.175. The van der Waals surface area contributed by atoms with Crippen LogP contribution in [0.3, 0.4) is 0 Å². The molecule has 3 N–H and O–H groups in total. The number of hydrogen-bond donors (Lipinski definition) is 3. The molecular formula is C19H21NO3. The van der Waals surface area contributed by atoms with E-state index in [0.717, 1.165) is 30.7 Å². The Balaban J connectivity index is 1.92. The normalized spacial score (nSPS) is 21.3. The van der Waals surface area contributed by atoms with Crippen molar-refractivity contribution in [2.45, 2.75) is 38.6 Å². The lowest BCUT2D eigenvalue weighted by molar-refractivity contribution is 0.350. The maximum Gasteiger partial charge on any atom is 0.201 e. The average molecular weight is 311 g/mol. The highest BCUT2D eigenvalue weighted by molar-refractivity contribution is 5.65. The van der Waals surface area contributed by atoms with Gasteiger partial charge < -0.3 is 20.3 Å². The number of aryl methyl sites for hydroxylation is 1. The van der Waals surface area contributed by atoms with Gasteiger partial charge in [-0.15, -0.1) is 0 Å². The van der Waals surface area contributed by atoms with Gasteiger partial charge >= 0.3 is 0 Å². The summed E-state index contributed by atoms with van der Waals surface area (Å²) in [6.07, 6.45) is 2.22. The van der Waals surface area contributed by atoms with Gasteiger partial charge in [-0.05, 0) is 36.6 Å². The van der Waals surface area contributed by atoms with Crippen molar-refractivity contribution in [2.75, 3.05) is 6.54 Å². The van der Waals surface area contributed by atoms with E-state index in [1.807, 2.05) is 12.1 Å². The zero-order valence-corrected chi connectivity index (χ0v) is 13.4. The average Bonchev–Trinajstić information content (AvgIpc) is 2.55. The number of hydrogen-bond acceptors (Lipinski definition) is 4. The van der Waals surface area contributed by atoms with E-state index in [1.54, 1.807) is 0 Å². The van der Waals surface area contributed by atoms with Crippen LogP contribution in [-0.4, -0.2) is 16.8 Å². The fourth-order valence-corrected chi connectivity index (χ4v) is 3.97. The Morgan fingerprint density at radius 3 is 2.78 bits per heavy atom. The number of fused-ring (bicyclic) bond motifs is 2. The third kappa shape index (κ3) is 2.01. The number of rotatable bonds is 2. The maximum absolute atomic E-state index is 10.2. The minimum Gasteiger partial charge on any atom is -0.504 e. The van der Waals surface area contributed by atoms with Crippen LogP contribution in [0.15, 0.2) is 24.3 Å². The molecule has 4 heteroatoms. The quantitative estimate of drug-likeness (QED) is 0.731. The second-order valence-electron chi connectivity index (χ2n) is 6.46. The fraction of sp³-hybridized carbons (Fsp3) is 0.368. The topological polar surface area (TPSA) is 61.7 Å². The molecular weight excluding hydrogens is 290 g/mol. The molecule has 0 aromatic heterocycles. The Bertz CT molecular complexity index is 785. The van der Waals surface area contributed by atoms with Crippen LogP contribution in [0.1, 0.15) is 54.0 Å². The van der Waals surface area contributed by atoms with E-state index in [9.17, 15) is 10.2 Å². The van der Waals surface area contributed by atoms with E-state index < -0.39 is 0 Å². The summed E-state index contributed by atoms with van der Waals surface area (Å²) in [4.78, 5) is 0. The number of nitrogens with one attached hydrogen (secondary N) is 1. The Hall–Kier alpha value is -2.20. The van der Waals surface area contributed by atoms with E-state index in [4.69, 9.17) is 4.74 Å². The summed E-state index contributed by atoms with van der Waals surface area (Å²) in [7, 11) is 0. The Kier molecular flexibility index (Phi) is 3.23. The summed E-state index contributed by atoms with van der Waals surface area (Å²) in [5.41, 5.74) is 4.77. The molecule has 0 bridgehead atoms. The van der Waals surface area contributed by atoms with Gasteiger partial charge in [-0.1, -0.05) is 25.5 Å². The standard InChI is InChI=1S/C19H21NO3/c1-3-4-13-16-10(2)5-8-15-17(16)12(9-20-13)11-6-7-14(21)18(22)19(11)23-15/h5-8,12-13,20-22H,3-4,9H2,1-2H3. The molecule has 2 aromatic carbocycles. The maximum atomic E-state index is 10.2. The van der Waals surface area contributed by atoms with Crippen molar-refractivity contribution in [2.24, 2.45) is 0 Å². The molecule has 0 saturated heterocycles. The third-order valence-corrected chi connectivity index (χ3v) is 5.04. The summed E-state index contributed by atoms with van der Waals surface area (Å²) in [5.74, 6) is 1.00. The van der Waals surface area contributed by atoms with Crippen molar-refractivity contribution in [3.63, 3.8) is 0 Å². The van der Waals surface area contributed by atoms with Gasteiger partial charge in [-0.3, -0.25) is 0 Å². The van der Waals surface area contributed by atoms with E-state index in [2.05, 4.69) is 25.2 Å². The van der Waals surface area contributed by atoms with Gasteiger partial charge in [0.25, 0.3) is 0 Å². The van der Waals surface area contributed by atoms with E-state index in [-0.39, 0.29) is 17.4 Å². The molecule has 2 unspecified atom stereocenters. The molecule has 2 heterocycles. The van der Waals surface area contributed by atoms with Crippen LogP contribution in [0.25, 0.3) is 0 Å². The van der Waals surface area contributed by atoms with Crippen LogP contribution >= 0.6 is 0 Å². The number of phenolic OH excluding ortho intramolecular Hbond substituents is 2. The van der Waals surface area contributed by atoms with Gasteiger partial charge in [0.2, 0.25) is 5.75 Å². The van der Waals surface area contributed by atoms with Gasteiger partial charge in [0.1, 0.15) is 5.75 Å². The predicted octanol–water partition coefficient (Wildman–Crippen LogP) is 4.09. The fourth-order valence-electron chi connectivity index (χ4n) is 3.97. The molecule has 0 fully saturated rings. The highest BCUT2D eigenvalue weighted by Gasteiger charge is 2.37. The highest BCUT2D eigenvalue weighted by Crippen LogP contribution is 2.54. The molecule has 4 nitrogen and oxygen atoms in total. The highest BCUT2D eigenvalue weighted by atomic mass is 16.5. The van der Waals surface area contributed by atoms with Gasteiger partial charge in [0.15, 0.2) is 11.5 Å². The summed E-state index contributed by atoms with van der Waals surface area (Å²) >= 11 is 0. The first-order chi connectivity index (χ1) is 11.1. The molecule has 2 aromatic rings. The van der Waals surface area contributed by atoms with Gasteiger partial charge in [-0.25, -0.2) is 0 Å². The first-order valence-corrected chi connectivity index (χ1v) is 8.21. The zero-order chi connectivity index (χ0) is 16.1. The van der Waals surface area contributed by atoms with Crippen LogP contribution in [0.5, 0.6) is 23.0 Å². The van der Waals surface area contributed by atoms with Crippen LogP contribution in [0.4, 0.5) is 0 Å². The first kappa shape index (κ1) is 14.4. The molecule has 0 amide bonds. The molecule has 0 aliphatic carbocycles. The molecule has 2 aliphatic heterocycles. The van der Waals surface area contributed by atoms with Crippen molar-refractivity contribution in [1.82, 2.24) is 5.32 Å². The van der Waals surface area contributed by atoms with Gasteiger partial charge in [-0.2, -0.15) is 0 Å². The van der Waals surface area contributed by atoms with Crippen molar-refractivity contribution >= 4 is 0 Å². The van der Waals surface area contributed by atoms with Crippen molar-refractivity contribution < 1.29 is 14.9 Å². The summed E-state index contributed by atoms with van der Waals surface area (Å²) < 4.78 is 5.98. The number of ether oxygens (including phenoxy) is 1. The molecule has 0 radical (unpaired) electrons. The minimum absolute atomic E-state index is 0.142. The lowest BCUT2D eigenvalue weighted by Crippen LogP contribution is -2.35. The number of aromatic hydroxyl groups is 2. The van der Waals surface area contributed by atoms with E-state index in [1.165, 1.54) is 22.8 Å². The molecule has 120 valence electrons. The van der Waals surface area contributed by atoms with Gasteiger partial charge in [0.05, 0.1) is 0 Å². The summed E-state index contributed by atoms with van der Waals surface area (Å²) in [6.45, 7) is 5.16. The summed E-state index contributed by atoms with van der Waals surface area (Å²) in [5, 5.41) is 23.6. The number of phenols is 2. The largest absolute Gasteiger partial charge is 0.504 e. The summed E-state index contributed by atoms with van der Waals surface area (Å²) in [6, 6.07) is 7.79. The Morgan fingerprint density at radius 1 is 1.17 bits per heavy atom. The molecule has 23 heavy (non-hydrogen) atoms. The molecule has 4 rings (SSSR count). The monoisotopic (exact) mass is 311 g/mol. The number of benzene rings is 2. The van der Waals surface area contributed by atoms with Crippen LogP contribution in [-0.2, 0) is 0 Å². The van der Waals surface area contributed by atoms with Crippen molar-refractivity contribution in [3.8, 4) is 23.0 Å².